The standard InChI is InChI=1S/C51H48N2/c1-49(2)45-31-35(33-21-25-47-41(29-33)43-17-11-27-50(43,3)52(47)37-13-7-5-8-14-37)19-23-39(45)40-24-20-36(32-46(40)49)34-22-26-48-42(30-34)44-18-12-28-51(44,4)53(48)38-15-9-6-10-16-38/h5-10,13-16,19-26,29-32,43-44H,11-12,17-18,27-28H2,1-4H3. The molecule has 2 heteroatoms. The van der Waals surface area contributed by atoms with Crippen LogP contribution in [0.5, 0.6) is 0 Å². The molecule has 0 aromatic heterocycles. The third-order valence-corrected chi connectivity index (χ3v) is 14.5. The van der Waals surface area contributed by atoms with E-state index in [1.807, 2.05) is 0 Å². The van der Waals surface area contributed by atoms with E-state index < -0.39 is 0 Å². The molecule has 262 valence electrons. The van der Waals surface area contributed by atoms with Gasteiger partial charge in [0, 0.05) is 51.1 Å². The van der Waals surface area contributed by atoms with Gasteiger partial charge in [-0.3, -0.25) is 0 Å². The zero-order chi connectivity index (χ0) is 35.7. The van der Waals surface area contributed by atoms with Crippen molar-refractivity contribution in [2.75, 3.05) is 9.80 Å². The molecule has 0 spiro atoms. The van der Waals surface area contributed by atoms with Gasteiger partial charge in [-0.2, -0.15) is 0 Å². The third-order valence-electron chi connectivity index (χ3n) is 14.5. The van der Waals surface area contributed by atoms with E-state index in [0.29, 0.717) is 11.8 Å². The molecule has 2 nitrogen and oxygen atoms in total. The first-order valence-corrected chi connectivity index (χ1v) is 20.0. The van der Waals surface area contributed by atoms with Crippen LogP contribution >= 0.6 is 0 Å². The monoisotopic (exact) mass is 688 g/mol. The van der Waals surface area contributed by atoms with Crippen LogP contribution in [-0.2, 0) is 5.41 Å². The van der Waals surface area contributed by atoms with Crippen molar-refractivity contribution >= 4 is 22.7 Å². The Labute approximate surface area is 315 Å². The summed E-state index contributed by atoms with van der Waals surface area (Å²) in [4.78, 5) is 5.30. The molecule has 2 fully saturated rings. The molecular formula is C51H48N2. The second kappa shape index (κ2) is 11.0. The minimum absolute atomic E-state index is 0.0909. The summed E-state index contributed by atoms with van der Waals surface area (Å²) in [5.74, 6) is 1.13. The summed E-state index contributed by atoms with van der Waals surface area (Å²) in [5, 5.41) is 0. The summed E-state index contributed by atoms with van der Waals surface area (Å²) in [5.41, 5.74) is 19.6. The van der Waals surface area contributed by atoms with Crippen LogP contribution in [0.4, 0.5) is 22.7 Å². The Balaban J connectivity index is 0.944. The smallest absolute Gasteiger partial charge is 0.0492 e. The van der Waals surface area contributed by atoms with E-state index in [9.17, 15) is 0 Å². The first-order valence-electron chi connectivity index (χ1n) is 20.0. The summed E-state index contributed by atoms with van der Waals surface area (Å²) < 4.78 is 0. The van der Waals surface area contributed by atoms with Gasteiger partial charge in [0.2, 0.25) is 0 Å². The average molecular weight is 689 g/mol. The van der Waals surface area contributed by atoms with Crippen LogP contribution in [-0.4, -0.2) is 11.1 Å². The molecule has 0 saturated heterocycles. The van der Waals surface area contributed by atoms with Crippen LogP contribution < -0.4 is 9.80 Å². The average Bonchev–Trinajstić information content (AvgIpc) is 3.93. The molecule has 0 bridgehead atoms. The van der Waals surface area contributed by atoms with Gasteiger partial charge in [-0.15, -0.1) is 0 Å². The van der Waals surface area contributed by atoms with Crippen molar-refractivity contribution < 1.29 is 0 Å². The number of fused-ring (bicyclic) bond motifs is 9. The second-order valence-electron chi connectivity index (χ2n) is 17.6. The van der Waals surface area contributed by atoms with E-state index in [-0.39, 0.29) is 16.5 Å². The lowest BCUT2D eigenvalue weighted by Gasteiger charge is -2.37. The van der Waals surface area contributed by atoms with Crippen LogP contribution in [0, 0.1) is 0 Å². The van der Waals surface area contributed by atoms with Crippen molar-refractivity contribution in [2.45, 2.75) is 94.5 Å². The molecule has 0 amide bonds. The van der Waals surface area contributed by atoms with Crippen molar-refractivity contribution in [2.24, 2.45) is 0 Å². The van der Waals surface area contributed by atoms with Gasteiger partial charge in [0.25, 0.3) is 0 Å². The van der Waals surface area contributed by atoms with E-state index in [2.05, 4.69) is 171 Å². The Hall–Kier alpha value is -5.08. The number of hydrogen-bond acceptors (Lipinski definition) is 2. The molecular weight excluding hydrogens is 641 g/mol. The number of hydrogen-bond donors (Lipinski definition) is 0. The molecule has 4 unspecified atom stereocenters. The molecule has 0 radical (unpaired) electrons. The van der Waals surface area contributed by atoms with E-state index >= 15 is 0 Å². The fourth-order valence-corrected chi connectivity index (χ4v) is 11.9. The van der Waals surface area contributed by atoms with Crippen LogP contribution in [0.2, 0.25) is 0 Å². The maximum Gasteiger partial charge on any atom is 0.0492 e. The highest BCUT2D eigenvalue weighted by atomic mass is 15.2. The molecule has 2 heterocycles. The molecule has 6 aromatic rings. The summed E-state index contributed by atoms with van der Waals surface area (Å²) in [6, 6.07) is 51.3. The zero-order valence-corrected chi connectivity index (χ0v) is 31.5. The summed E-state index contributed by atoms with van der Waals surface area (Å²) in [7, 11) is 0. The van der Waals surface area contributed by atoms with Gasteiger partial charge >= 0.3 is 0 Å². The Morgan fingerprint density at radius 3 is 1.28 bits per heavy atom. The Morgan fingerprint density at radius 1 is 0.453 bits per heavy atom. The molecule has 4 atom stereocenters. The van der Waals surface area contributed by atoms with Crippen LogP contribution in [0.1, 0.15) is 100 Å². The topological polar surface area (TPSA) is 6.48 Å². The number of rotatable bonds is 4. The minimum Gasteiger partial charge on any atom is -0.335 e. The number of para-hydroxylation sites is 2. The quantitative estimate of drug-likeness (QED) is 0.182. The van der Waals surface area contributed by atoms with E-state index in [1.165, 1.54) is 117 Å². The molecule has 2 saturated carbocycles. The Kier molecular flexibility index (Phi) is 6.52. The minimum atomic E-state index is -0.0909. The molecule has 6 aromatic carbocycles. The summed E-state index contributed by atoms with van der Waals surface area (Å²) >= 11 is 0. The molecule has 0 N–H and O–H groups in total. The van der Waals surface area contributed by atoms with Crippen LogP contribution in [0.25, 0.3) is 33.4 Å². The highest BCUT2D eigenvalue weighted by Crippen LogP contribution is 2.61. The SMILES string of the molecule is CC1(C)c2cc(-c3ccc4c(c3)C3CCCC3(C)N4c3ccccc3)ccc2-c2ccc(-c3ccc4c(c3)C3CCCC3(C)N4c3ccccc3)cc21. The zero-order valence-electron chi connectivity index (χ0n) is 31.5. The van der Waals surface area contributed by atoms with Gasteiger partial charge in [0.05, 0.1) is 0 Å². The molecule has 3 aliphatic carbocycles. The predicted molar refractivity (Wildman–Crippen MR) is 222 cm³/mol. The van der Waals surface area contributed by atoms with Crippen molar-refractivity contribution in [3.8, 4) is 33.4 Å². The lowest BCUT2D eigenvalue weighted by Crippen LogP contribution is -2.40. The second-order valence-corrected chi connectivity index (χ2v) is 17.6. The molecule has 11 rings (SSSR count). The molecule has 2 aliphatic heterocycles. The Bertz CT molecular complexity index is 2270. The predicted octanol–water partition coefficient (Wildman–Crippen LogP) is 13.7. The van der Waals surface area contributed by atoms with Crippen molar-refractivity contribution in [1.82, 2.24) is 0 Å². The van der Waals surface area contributed by atoms with E-state index in [1.54, 1.807) is 0 Å². The van der Waals surface area contributed by atoms with Gasteiger partial charge in [-0.05, 0) is 156 Å². The number of benzene rings is 6. The lowest BCUT2D eigenvalue weighted by atomic mass is 9.80. The van der Waals surface area contributed by atoms with Crippen LogP contribution in [0.15, 0.2) is 133 Å². The third kappa shape index (κ3) is 4.27. The van der Waals surface area contributed by atoms with Crippen molar-refractivity contribution in [3.63, 3.8) is 0 Å². The molecule has 5 aliphatic rings. The summed E-state index contributed by atoms with van der Waals surface area (Å²) in [6.07, 6.45) is 7.59. The first kappa shape index (κ1) is 31.4. The largest absolute Gasteiger partial charge is 0.335 e. The summed E-state index contributed by atoms with van der Waals surface area (Å²) in [6.45, 7) is 9.85. The first-order chi connectivity index (χ1) is 25.8. The normalized spacial score (nSPS) is 25.5. The van der Waals surface area contributed by atoms with Crippen LogP contribution in [0.3, 0.4) is 0 Å². The fraction of sp³-hybridized carbons (Fsp3) is 0.294. The van der Waals surface area contributed by atoms with Gasteiger partial charge < -0.3 is 9.80 Å². The lowest BCUT2D eigenvalue weighted by molar-refractivity contribution is 0.451. The maximum atomic E-state index is 2.65. The van der Waals surface area contributed by atoms with Crippen molar-refractivity contribution in [3.05, 3.63) is 156 Å². The fourth-order valence-electron chi connectivity index (χ4n) is 11.9. The Morgan fingerprint density at radius 2 is 0.849 bits per heavy atom. The highest BCUT2D eigenvalue weighted by molar-refractivity contribution is 5.88. The van der Waals surface area contributed by atoms with E-state index in [0.717, 1.165) is 0 Å². The highest BCUT2D eigenvalue weighted by Gasteiger charge is 2.52. The van der Waals surface area contributed by atoms with Gasteiger partial charge in [0.1, 0.15) is 0 Å². The number of nitrogens with zero attached hydrogens (tertiary/aromatic N) is 2. The van der Waals surface area contributed by atoms with Gasteiger partial charge in [-0.1, -0.05) is 99.5 Å². The van der Waals surface area contributed by atoms with Gasteiger partial charge in [0.15, 0.2) is 0 Å². The molecule has 53 heavy (non-hydrogen) atoms. The van der Waals surface area contributed by atoms with Crippen molar-refractivity contribution in [1.29, 1.82) is 0 Å². The van der Waals surface area contributed by atoms with Gasteiger partial charge in [-0.25, -0.2) is 0 Å². The van der Waals surface area contributed by atoms with E-state index in [4.69, 9.17) is 0 Å². The maximum absolute atomic E-state index is 2.65. The number of anilines is 4.